The topological polar surface area (TPSA) is 34.8 Å². The minimum absolute atomic E-state index is 0.368. The van der Waals surface area contributed by atoms with Crippen LogP contribution >= 0.6 is 0 Å². The summed E-state index contributed by atoms with van der Waals surface area (Å²) < 4.78 is 21.1. The summed E-state index contributed by atoms with van der Waals surface area (Å²) >= 11 is 0. The predicted molar refractivity (Wildman–Crippen MR) is 510 cm³/mol. The Balaban J connectivity index is 0.821. The van der Waals surface area contributed by atoms with E-state index in [1.165, 1.54) is 16.2 Å². The minimum atomic E-state index is -0.396. The van der Waals surface area contributed by atoms with Gasteiger partial charge in [-0.15, -0.1) is 0 Å². The number of hydrogen-bond acceptors (Lipinski definition) is 4. The molecular formula is C114H72B2N4O2. The van der Waals surface area contributed by atoms with Crippen molar-refractivity contribution in [1.82, 2.24) is 9.13 Å². The molecule has 0 N–H and O–H groups in total. The molecule has 4 aliphatic rings. The summed E-state index contributed by atoms with van der Waals surface area (Å²) in [4.78, 5) is 5.22. The molecule has 0 fully saturated rings. The molecule has 0 saturated carbocycles. The van der Waals surface area contributed by atoms with Crippen molar-refractivity contribution in [1.29, 1.82) is 0 Å². The Morgan fingerprint density at radius 3 is 0.959 bits per heavy atom. The first-order valence-corrected chi connectivity index (χ1v) is 42.1. The summed E-state index contributed by atoms with van der Waals surface area (Å²) in [6.07, 6.45) is 0. The maximum absolute atomic E-state index is 8.19. The van der Waals surface area contributed by atoms with E-state index in [1.54, 1.807) is 0 Å². The highest BCUT2D eigenvalue weighted by Crippen LogP contribution is 2.55. The third-order valence-corrected chi connectivity index (χ3v) is 25.8. The molecule has 0 saturated heterocycles. The lowest BCUT2D eigenvalue weighted by atomic mass is 9.30. The lowest BCUT2D eigenvalue weighted by Crippen LogP contribution is -2.64. The molecule has 0 bridgehead atoms. The summed E-state index contributed by atoms with van der Waals surface area (Å²) in [6.45, 7) is -0.764. The predicted octanol–water partition coefficient (Wildman–Crippen LogP) is 26.0. The van der Waals surface area contributed by atoms with E-state index < -0.39 is 6.71 Å². The molecule has 2 aromatic heterocycles. The Kier molecular flexibility index (Phi) is 15.8. The number of para-hydroxylation sites is 6. The first-order chi connectivity index (χ1) is 60.6. The molecule has 0 aliphatic carbocycles. The van der Waals surface area contributed by atoms with E-state index in [-0.39, 0.29) is 6.71 Å². The molecule has 122 heavy (non-hydrogen) atoms. The molecule has 19 aromatic carbocycles. The molecule has 0 radical (unpaired) electrons. The van der Waals surface area contributed by atoms with Crippen molar-refractivity contribution in [2.45, 2.75) is 0 Å². The van der Waals surface area contributed by atoms with Gasteiger partial charge >= 0.3 is 0 Å². The molecule has 0 atom stereocenters. The van der Waals surface area contributed by atoms with Crippen LogP contribution < -0.4 is 52.1 Å². The first-order valence-electron chi connectivity index (χ1n) is 42.1. The van der Waals surface area contributed by atoms with Crippen molar-refractivity contribution in [2.75, 3.05) is 9.80 Å². The van der Waals surface area contributed by atoms with E-state index in [4.69, 9.17) is 9.47 Å². The van der Waals surface area contributed by atoms with E-state index in [0.29, 0.717) is 0 Å². The van der Waals surface area contributed by atoms with Crippen LogP contribution in [0.25, 0.3) is 144 Å². The van der Waals surface area contributed by atoms with Crippen molar-refractivity contribution in [3.05, 3.63) is 437 Å². The fourth-order valence-corrected chi connectivity index (χ4v) is 20.5. The quantitative estimate of drug-likeness (QED) is 0.114. The zero-order valence-corrected chi connectivity index (χ0v) is 66.3. The van der Waals surface area contributed by atoms with Crippen LogP contribution in [0.2, 0.25) is 0 Å². The number of nitrogens with zero attached hydrogens (tertiary/aromatic N) is 4. The summed E-state index contributed by atoms with van der Waals surface area (Å²) in [6, 6.07) is 161. The van der Waals surface area contributed by atoms with Crippen molar-refractivity contribution < 1.29 is 9.47 Å². The van der Waals surface area contributed by atoms with Gasteiger partial charge in [-0.1, -0.05) is 334 Å². The lowest BCUT2D eigenvalue weighted by Gasteiger charge is -2.45. The molecule has 0 amide bonds. The fourth-order valence-electron chi connectivity index (χ4n) is 20.5. The third-order valence-electron chi connectivity index (χ3n) is 25.8. The summed E-state index contributed by atoms with van der Waals surface area (Å²) in [5, 5.41) is 4.70. The highest BCUT2D eigenvalue weighted by molar-refractivity contribution is 7.02. The van der Waals surface area contributed by atoms with Crippen LogP contribution in [-0.2, 0) is 0 Å². The zero-order valence-electron chi connectivity index (χ0n) is 66.3. The van der Waals surface area contributed by atoms with Gasteiger partial charge in [-0.2, -0.15) is 0 Å². The van der Waals surface area contributed by atoms with Gasteiger partial charge in [0.15, 0.2) is 0 Å². The maximum atomic E-state index is 8.19. The number of fused-ring (bicyclic) bond motifs is 14. The third kappa shape index (κ3) is 10.8. The van der Waals surface area contributed by atoms with Gasteiger partial charge in [0.25, 0.3) is 13.4 Å². The van der Waals surface area contributed by atoms with E-state index in [2.05, 4.69) is 456 Å². The van der Waals surface area contributed by atoms with E-state index in [9.17, 15) is 0 Å². The molecule has 0 unspecified atom stereocenters. The van der Waals surface area contributed by atoms with Crippen LogP contribution in [0.15, 0.2) is 437 Å². The average Bonchev–Trinajstić information content (AvgIpc) is 0.751. The highest BCUT2D eigenvalue weighted by atomic mass is 16.5. The number of aromatic nitrogens is 2. The second kappa shape index (κ2) is 27.9. The van der Waals surface area contributed by atoms with Crippen LogP contribution in [0.5, 0.6) is 23.0 Å². The Bertz CT molecular complexity index is 7740. The lowest BCUT2D eigenvalue weighted by molar-refractivity contribution is 0.489. The molecular weight excluding hydrogens is 1480 g/mol. The Labute approximate surface area is 707 Å². The number of rotatable bonds is 12. The van der Waals surface area contributed by atoms with Crippen LogP contribution in [0.4, 0.5) is 34.1 Å². The number of ether oxygens (including phenoxy) is 2. The van der Waals surface area contributed by atoms with Crippen molar-refractivity contribution >= 4 is 124 Å². The zero-order chi connectivity index (χ0) is 80.0. The average molecular weight is 1550 g/mol. The Hall–Kier alpha value is -15.9. The largest absolute Gasteiger partial charge is 0.458 e. The van der Waals surface area contributed by atoms with Gasteiger partial charge in [0.05, 0.1) is 27.8 Å². The van der Waals surface area contributed by atoms with E-state index in [0.717, 1.165) is 218 Å². The Morgan fingerprint density at radius 1 is 0.197 bits per heavy atom. The number of anilines is 6. The van der Waals surface area contributed by atoms with E-state index >= 15 is 0 Å². The molecule has 0 spiro atoms. The van der Waals surface area contributed by atoms with Crippen molar-refractivity contribution in [3.8, 4) is 123 Å². The smallest absolute Gasteiger partial charge is 0.256 e. The summed E-state index contributed by atoms with van der Waals surface area (Å²) in [5.74, 6) is 3.27. The molecule has 6 nitrogen and oxygen atoms in total. The minimum Gasteiger partial charge on any atom is -0.458 e. The van der Waals surface area contributed by atoms with Gasteiger partial charge in [0.2, 0.25) is 0 Å². The van der Waals surface area contributed by atoms with E-state index in [1.807, 2.05) is 0 Å². The normalized spacial score (nSPS) is 12.7. The monoisotopic (exact) mass is 1550 g/mol. The van der Waals surface area contributed by atoms with Crippen LogP contribution in [0.3, 0.4) is 0 Å². The van der Waals surface area contributed by atoms with Crippen molar-refractivity contribution in [3.63, 3.8) is 0 Å². The summed E-state index contributed by atoms with van der Waals surface area (Å²) in [7, 11) is 0. The van der Waals surface area contributed by atoms with Gasteiger partial charge in [-0.3, -0.25) is 0 Å². The van der Waals surface area contributed by atoms with Crippen molar-refractivity contribution in [2.24, 2.45) is 0 Å². The molecule has 4 aliphatic heterocycles. The highest BCUT2D eigenvalue weighted by Gasteiger charge is 2.49. The molecule has 6 heterocycles. The van der Waals surface area contributed by atoms with Crippen LogP contribution in [0, 0.1) is 0 Å². The summed E-state index contributed by atoms with van der Waals surface area (Å²) in [5.41, 5.74) is 36.9. The fraction of sp³-hybridized carbons (Fsp3) is 0. The molecule has 566 valence electrons. The van der Waals surface area contributed by atoms with Crippen LogP contribution in [0.1, 0.15) is 0 Å². The molecule has 25 rings (SSSR count). The van der Waals surface area contributed by atoms with Gasteiger partial charge in [-0.05, 0) is 203 Å². The second-order valence-electron chi connectivity index (χ2n) is 32.4. The SMILES string of the molecule is c1ccc(-c2ccc3c(c2-c2ccccc2)Oc2cc(-c4ccc5c(c4)c4ccccc4n5-c4ccccc4)cc4c2B3c2cc3c(cc2N4c2ccccc2)N(c2c(-c4ccccc4)cccc2-c2ccccc2)c2cc(-c4ccc5c(c4)c4ccccc4n5-c4ccccc4)cc4c2B3c2ccc(-c3ccccc3)c(-c3ccccc3)c2O4)cc1. The standard InChI is InChI=1S/C114H72B2N4O2/c1-10-33-73(34-11-1)86-59-61-94-113(108(86)77-41-18-5-19-42-77)121-106-69-81(79-57-63-100-92(65-79)90-51-28-30-55-98(90)117(100)83-45-22-7-23-46-83)67-104-110(106)115(94)96-71-97-103(72-102(96)119(104)85-49-26-9-27-50-85)120(112-88(75-37-14-3-15-38-75)53-32-54-89(112)76-39-16-4-17-40-76)105-68-82(80-58-64-101-93(66-80)91-52-29-31-56-99(91)118(101)84-47-24-8-25-48-84)70-107-111(105)116(97)95-62-60-87(74-35-12-2-13-36-74)109(114(95)122-107)78-43-20-6-21-44-78/h1-72H. The van der Waals surface area contributed by atoms with Crippen LogP contribution in [-0.4, -0.2) is 22.6 Å². The molecule has 21 aromatic rings. The van der Waals surface area contributed by atoms with Gasteiger partial charge in [0, 0.05) is 83.6 Å². The number of hydrogen-bond donors (Lipinski definition) is 0. The molecule has 8 heteroatoms. The van der Waals surface area contributed by atoms with Gasteiger partial charge in [0.1, 0.15) is 23.0 Å². The second-order valence-corrected chi connectivity index (χ2v) is 32.4. The van der Waals surface area contributed by atoms with Gasteiger partial charge < -0.3 is 28.4 Å². The van der Waals surface area contributed by atoms with Gasteiger partial charge in [-0.25, -0.2) is 0 Å². The number of benzene rings is 19. The Morgan fingerprint density at radius 2 is 0.541 bits per heavy atom. The maximum Gasteiger partial charge on any atom is 0.256 e. The first kappa shape index (κ1) is 69.3.